The van der Waals surface area contributed by atoms with Gasteiger partial charge in [0, 0.05) is 6.54 Å². The molecule has 0 atom stereocenters. The van der Waals surface area contributed by atoms with Crippen molar-refractivity contribution in [2.45, 2.75) is 12.8 Å². The van der Waals surface area contributed by atoms with E-state index in [9.17, 15) is 4.39 Å². The zero-order valence-electron chi connectivity index (χ0n) is 10.1. The predicted octanol–water partition coefficient (Wildman–Crippen LogP) is 3.34. The average Bonchev–Trinajstić information content (AvgIpc) is 2.42. The van der Waals surface area contributed by atoms with Crippen LogP contribution in [0.4, 0.5) is 4.39 Å². The third kappa shape index (κ3) is 3.86. The molecule has 0 aliphatic heterocycles. The fourth-order valence-electron chi connectivity index (χ4n) is 1.67. The second kappa shape index (κ2) is 6.77. The maximum atomic E-state index is 13.2. The zero-order chi connectivity index (χ0) is 12.6. The summed E-state index contributed by atoms with van der Waals surface area (Å²) < 4.78 is 13.2. The molecule has 0 saturated carbocycles. The monoisotopic (exact) mass is 245 g/mol. The number of halogens is 1. The first-order valence-corrected chi connectivity index (χ1v) is 6.04. The molecule has 0 spiro atoms. The molecule has 2 aromatic carbocycles. The molecule has 2 aromatic rings. The first-order chi connectivity index (χ1) is 8.86. The van der Waals surface area contributed by atoms with E-state index in [-0.39, 0.29) is 11.6 Å². The highest BCUT2D eigenvalue weighted by Crippen LogP contribution is 2.13. The van der Waals surface area contributed by atoms with E-state index in [1.54, 1.807) is 18.2 Å². The van der Waals surface area contributed by atoms with E-state index >= 15 is 0 Å². The third-order valence-electron chi connectivity index (χ3n) is 2.61. The summed E-state index contributed by atoms with van der Waals surface area (Å²) in [5, 5.41) is 0. The van der Waals surface area contributed by atoms with Gasteiger partial charge in [0.05, 0.1) is 0 Å². The van der Waals surface area contributed by atoms with Crippen molar-refractivity contribution >= 4 is 0 Å². The Morgan fingerprint density at radius 3 is 2.44 bits per heavy atom. The van der Waals surface area contributed by atoms with Crippen LogP contribution in [0.5, 0.6) is 5.75 Å². The summed E-state index contributed by atoms with van der Waals surface area (Å²) in [6, 6.07) is 16.6. The van der Waals surface area contributed by atoms with Gasteiger partial charge in [-0.2, -0.15) is 5.48 Å². The van der Waals surface area contributed by atoms with Gasteiger partial charge >= 0.3 is 0 Å². The molecule has 3 heteroatoms. The fraction of sp³-hybridized carbons (Fsp3) is 0.200. The Morgan fingerprint density at radius 1 is 0.944 bits per heavy atom. The Kier molecular flexibility index (Phi) is 4.73. The molecule has 18 heavy (non-hydrogen) atoms. The normalized spacial score (nSPS) is 10.3. The Morgan fingerprint density at radius 2 is 1.67 bits per heavy atom. The highest BCUT2D eigenvalue weighted by molar-refractivity contribution is 5.23. The van der Waals surface area contributed by atoms with E-state index in [1.165, 1.54) is 11.6 Å². The van der Waals surface area contributed by atoms with Gasteiger partial charge in [0.2, 0.25) is 0 Å². The summed E-state index contributed by atoms with van der Waals surface area (Å²) in [5.74, 6) is -0.120. The minimum Gasteiger partial charge on any atom is -0.406 e. The second-order valence-electron chi connectivity index (χ2n) is 4.02. The number of aryl methyl sites for hydroxylation is 1. The molecule has 0 heterocycles. The minimum absolute atomic E-state index is 0.234. The Balaban J connectivity index is 1.66. The Hall–Kier alpha value is -1.87. The van der Waals surface area contributed by atoms with Crippen LogP contribution in [-0.2, 0) is 6.42 Å². The third-order valence-corrected chi connectivity index (χ3v) is 2.61. The van der Waals surface area contributed by atoms with Crippen LogP contribution in [0.25, 0.3) is 0 Å². The van der Waals surface area contributed by atoms with Gasteiger partial charge in [-0.05, 0) is 30.5 Å². The van der Waals surface area contributed by atoms with Crippen molar-refractivity contribution in [1.82, 2.24) is 5.48 Å². The minimum atomic E-state index is -0.354. The van der Waals surface area contributed by atoms with E-state index in [1.807, 2.05) is 18.2 Å². The summed E-state index contributed by atoms with van der Waals surface area (Å²) in [5.41, 5.74) is 4.07. The van der Waals surface area contributed by atoms with Gasteiger partial charge in [-0.25, -0.2) is 4.39 Å². The van der Waals surface area contributed by atoms with Gasteiger partial charge < -0.3 is 4.84 Å². The van der Waals surface area contributed by atoms with Crippen LogP contribution in [0.15, 0.2) is 54.6 Å². The molecule has 0 aromatic heterocycles. The van der Waals surface area contributed by atoms with Crippen molar-refractivity contribution in [2.24, 2.45) is 0 Å². The molecule has 2 nitrogen and oxygen atoms in total. The second-order valence-corrected chi connectivity index (χ2v) is 4.02. The molecule has 0 unspecified atom stereocenters. The summed E-state index contributed by atoms with van der Waals surface area (Å²) in [7, 11) is 0. The first kappa shape index (κ1) is 12.6. The number of nitrogens with one attached hydrogen (secondary N) is 1. The molecule has 1 N–H and O–H groups in total. The SMILES string of the molecule is Fc1ccccc1ONCCCc1ccccc1. The standard InChI is InChI=1S/C15H16FNO/c16-14-10-4-5-11-15(14)18-17-12-6-9-13-7-2-1-3-8-13/h1-5,7-8,10-11,17H,6,9,12H2. The molecule has 0 aliphatic rings. The van der Waals surface area contributed by atoms with Crippen LogP contribution in [0.1, 0.15) is 12.0 Å². The maximum absolute atomic E-state index is 13.2. The number of hydrogen-bond donors (Lipinski definition) is 1. The van der Waals surface area contributed by atoms with Crippen molar-refractivity contribution in [1.29, 1.82) is 0 Å². The van der Waals surface area contributed by atoms with E-state index in [0.29, 0.717) is 6.54 Å². The van der Waals surface area contributed by atoms with Crippen LogP contribution < -0.4 is 10.3 Å². The molecule has 0 amide bonds. The highest BCUT2D eigenvalue weighted by atomic mass is 19.1. The lowest BCUT2D eigenvalue weighted by molar-refractivity contribution is 0.185. The Labute approximate surface area is 106 Å². The number of hydrogen-bond acceptors (Lipinski definition) is 2. The van der Waals surface area contributed by atoms with Gasteiger partial charge in [0.25, 0.3) is 0 Å². The number of hydroxylamine groups is 1. The van der Waals surface area contributed by atoms with E-state index in [2.05, 4.69) is 17.6 Å². The summed E-state index contributed by atoms with van der Waals surface area (Å²) in [6.45, 7) is 0.684. The largest absolute Gasteiger partial charge is 0.406 e. The van der Waals surface area contributed by atoms with Gasteiger partial charge in [-0.1, -0.05) is 42.5 Å². The summed E-state index contributed by atoms with van der Waals surface area (Å²) in [4.78, 5) is 5.15. The lowest BCUT2D eigenvalue weighted by Gasteiger charge is -2.07. The van der Waals surface area contributed by atoms with Crippen molar-refractivity contribution in [3.05, 3.63) is 66.0 Å². The van der Waals surface area contributed by atoms with E-state index in [0.717, 1.165) is 12.8 Å². The molecular formula is C15H16FNO. The lowest BCUT2D eigenvalue weighted by Crippen LogP contribution is -2.20. The molecule has 0 aliphatic carbocycles. The first-order valence-electron chi connectivity index (χ1n) is 6.04. The van der Waals surface area contributed by atoms with Crippen molar-refractivity contribution in [3.63, 3.8) is 0 Å². The lowest BCUT2D eigenvalue weighted by atomic mass is 10.1. The molecule has 94 valence electrons. The van der Waals surface area contributed by atoms with Crippen LogP contribution >= 0.6 is 0 Å². The van der Waals surface area contributed by atoms with Crippen LogP contribution in [0.2, 0.25) is 0 Å². The van der Waals surface area contributed by atoms with Gasteiger partial charge in [0.15, 0.2) is 11.6 Å². The fourth-order valence-corrected chi connectivity index (χ4v) is 1.67. The van der Waals surface area contributed by atoms with Crippen molar-refractivity contribution in [3.8, 4) is 5.75 Å². The topological polar surface area (TPSA) is 21.3 Å². The zero-order valence-corrected chi connectivity index (χ0v) is 10.1. The van der Waals surface area contributed by atoms with E-state index in [4.69, 9.17) is 4.84 Å². The van der Waals surface area contributed by atoms with Crippen molar-refractivity contribution < 1.29 is 9.23 Å². The van der Waals surface area contributed by atoms with Gasteiger partial charge in [-0.15, -0.1) is 0 Å². The average molecular weight is 245 g/mol. The highest BCUT2D eigenvalue weighted by Gasteiger charge is 2.00. The number of para-hydroxylation sites is 1. The van der Waals surface area contributed by atoms with E-state index < -0.39 is 0 Å². The molecule has 0 bridgehead atoms. The van der Waals surface area contributed by atoms with Crippen molar-refractivity contribution in [2.75, 3.05) is 6.54 Å². The number of benzene rings is 2. The molecule has 0 saturated heterocycles. The van der Waals surface area contributed by atoms with Crippen LogP contribution in [-0.4, -0.2) is 6.54 Å². The molecule has 0 radical (unpaired) electrons. The number of rotatable bonds is 6. The quantitative estimate of drug-likeness (QED) is 0.622. The molecule has 2 rings (SSSR count). The van der Waals surface area contributed by atoms with Gasteiger partial charge in [0.1, 0.15) is 0 Å². The van der Waals surface area contributed by atoms with Gasteiger partial charge in [-0.3, -0.25) is 0 Å². The Bertz CT molecular complexity index is 473. The summed E-state index contributed by atoms with van der Waals surface area (Å²) in [6.07, 6.45) is 1.92. The summed E-state index contributed by atoms with van der Waals surface area (Å²) >= 11 is 0. The molecule has 0 fully saturated rings. The smallest absolute Gasteiger partial charge is 0.182 e. The maximum Gasteiger partial charge on any atom is 0.182 e. The van der Waals surface area contributed by atoms with Crippen LogP contribution in [0.3, 0.4) is 0 Å². The predicted molar refractivity (Wildman–Crippen MR) is 69.8 cm³/mol. The molecular weight excluding hydrogens is 229 g/mol. The van der Waals surface area contributed by atoms with Crippen LogP contribution in [0, 0.1) is 5.82 Å².